The smallest absolute Gasteiger partial charge is 0.271 e. The third-order valence-corrected chi connectivity index (χ3v) is 4.34. The van der Waals surface area contributed by atoms with Gasteiger partial charge in [0.1, 0.15) is 5.69 Å². The SMILES string of the molecule is CC(C)Cc1nc(C(=O)NC(C)(CN)C(C)C)cs1.Cl.Cl. The molecule has 0 saturated heterocycles. The number of halogens is 2. The minimum atomic E-state index is -0.390. The van der Waals surface area contributed by atoms with Gasteiger partial charge in [-0.05, 0) is 18.8 Å². The van der Waals surface area contributed by atoms with Gasteiger partial charge in [-0.1, -0.05) is 27.7 Å². The fourth-order valence-corrected chi connectivity index (χ4v) is 2.60. The largest absolute Gasteiger partial charge is 0.344 e. The van der Waals surface area contributed by atoms with Crippen molar-refractivity contribution in [2.24, 2.45) is 17.6 Å². The van der Waals surface area contributed by atoms with Crippen LogP contribution in [0, 0.1) is 11.8 Å². The molecule has 3 N–H and O–H groups in total. The van der Waals surface area contributed by atoms with Crippen molar-refractivity contribution in [3.05, 3.63) is 16.1 Å². The number of thiazole rings is 1. The number of aromatic nitrogens is 1. The Morgan fingerprint density at radius 1 is 1.38 bits per heavy atom. The normalized spacial score (nSPS) is 13.3. The molecular weight excluding hydrogens is 329 g/mol. The summed E-state index contributed by atoms with van der Waals surface area (Å²) in [6, 6.07) is 0. The Hall–Kier alpha value is -0.360. The lowest BCUT2D eigenvalue weighted by atomic mass is 9.88. The molecule has 0 aromatic carbocycles. The summed E-state index contributed by atoms with van der Waals surface area (Å²) in [7, 11) is 0. The Morgan fingerprint density at radius 2 is 1.95 bits per heavy atom. The first kappa shape index (κ1) is 22.9. The number of nitrogens with zero attached hydrogens (tertiary/aromatic N) is 1. The number of hydrogen-bond donors (Lipinski definition) is 2. The fourth-order valence-electron chi connectivity index (χ4n) is 1.61. The first-order valence-corrected chi connectivity index (χ1v) is 7.63. The van der Waals surface area contributed by atoms with Crippen LogP contribution >= 0.6 is 36.2 Å². The number of carbonyl (C=O) groups is 1. The summed E-state index contributed by atoms with van der Waals surface area (Å²) < 4.78 is 0. The van der Waals surface area contributed by atoms with E-state index in [1.54, 1.807) is 11.3 Å². The van der Waals surface area contributed by atoms with Crippen molar-refractivity contribution in [1.82, 2.24) is 10.3 Å². The van der Waals surface area contributed by atoms with Gasteiger partial charge in [-0.15, -0.1) is 36.2 Å². The van der Waals surface area contributed by atoms with Crippen molar-refractivity contribution in [2.45, 2.75) is 46.6 Å². The number of rotatable bonds is 6. The number of carbonyl (C=O) groups excluding carboxylic acids is 1. The molecule has 7 heteroatoms. The van der Waals surface area contributed by atoms with Crippen LogP contribution in [0.25, 0.3) is 0 Å². The summed E-state index contributed by atoms with van der Waals surface area (Å²) in [5.41, 5.74) is 5.88. The highest BCUT2D eigenvalue weighted by Gasteiger charge is 2.29. The summed E-state index contributed by atoms with van der Waals surface area (Å²) in [6.07, 6.45) is 0.913. The summed E-state index contributed by atoms with van der Waals surface area (Å²) in [4.78, 5) is 16.6. The van der Waals surface area contributed by atoms with E-state index in [1.165, 1.54) is 0 Å². The van der Waals surface area contributed by atoms with Crippen molar-refractivity contribution in [3.63, 3.8) is 0 Å². The molecule has 1 heterocycles. The second-order valence-electron chi connectivity index (χ2n) is 5.95. The first-order valence-electron chi connectivity index (χ1n) is 6.75. The fraction of sp³-hybridized carbons (Fsp3) is 0.714. The minimum Gasteiger partial charge on any atom is -0.344 e. The standard InChI is InChI=1S/C14H25N3OS.2ClH/c1-9(2)6-12-16-11(7-19-12)13(18)17-14(5,8-15)10(3)4;;/h7,9-10H,6,8,15H2,1-5H3,(H,17,18);2*1H. The lowest BCUT2D eigenvalue weighted by Gasteiger charge is -2.33. The van der Waals surface area contributed by atoms with Crippen molar-refractivity contribution < 1.29 is 4.79 Å². The molecule has 0 spiro atoms. The van der Waals surface area contributed by atoms with Crippen molar-refractivity contribution in [1.29, 1.82) is 0 Å². The molecule has 1 unspecified atom stereocenters. The average Bonchev–Trinajstić information content (AvgIpc) is 2.76. The second-order valence-corrected chi connectivity index (χ2v) is 6.90. The zero-order chi connectivity index (χ0) is 14.6. The van der Waals surface area contributed by atoms with Crippen molar-refractivity contribution >= 4 is 42.1 Å². The highest BCUT2D eigenvalue weighted by atomic mass is 35.5. The molecular formula is C14H27Cl2N3OS. The van der Waals surface area contributed by atoms with Gasteiger partial charge in [-0.25, -0.2) is 4.98 Å². The third kappa shape index (κ3) is 6.51. The van der Waals surface area contributed by atoms with Gasteiger partial charge in [-0.2, -0.15) is 0 Å². The van der Waals surface area contributed by atoms with Gasteiger partial charge in [-0.3, -0.25) is 4.79 Å². The van der Waals surface area contributed by atoms with Crippen LogP contribution in [0.1, 0.15) is 50.1 Å². The molecule has 21 heavy (non-hydrogen) atoms. The summed E-state index contributed by atoms with van der Waals surface area (Å²) in [6.45, 7) is 10.8. The zero-order valence-corrected chi connectivity index (χ0v) is 15.8. The van der Waals surface area contributed by atoms with Gasteiger partial charge in [0.25, 0.3) is 5.91 Å². The van der Waals surface area contributed by atoms with Crippen LogP contribution < -0.4 is 11.1 Å². The number of nitrogens with two attached hydrogens (primary N) is 1. The van der Waals surface area contributed by atoms with Gasteiger partial charge in [0.15, 0.2) is 0 Å². The molecule has 0 fully saturated rings. The Morgan fingerprint density at radius 3 is 2.38 bits per heavy atom. The molecule has 0 aliphatic rings. The van der Waals surface area contributed by atoms with Crippen LogP contribution in [0.5, 0.6) is 0 Å². The summed E-state index contributed by atoms with van der Waals surface area (Å²) >= 11 is 1.55. The van der Waals surface area contributed by atoms with Gasteiger partial charge >= 0.3 is 0 Å². The van der Waals surface area contributed by atoms with E-state index >= 15 is 0 Å². The number of amides is 1. The van der Waals surface area contributed by atoms with Crippen molar-refractivity contribution in [3.8, 4) is 0 Å². The molecule has 1 amide bonds. The predicted octanol–water partition coefficient (Wildman–Crippen LogP) is 3.29. The molecule has 0 radical (unpaired) electrons. The molecule has 0 bridgehead atoms. The highest BCUT2D eigenvalue weighted by Crippen LogP contribution is 2.18. The van der Waals surface area contributed by atoms with E-state index in [2.05, 4.69) is 38.0 Å². The number of nitrogens with one attached hydrogen (secondary N) is 1. The minimum absolute atomic E-state index is 0. The molecule has 1 aromatic heterocycles. The van der Waals surface area contributed by atoms with E-state index in [9.17, 15) is 4.79 Å². The molecule has 0 aliphatic heterocycles. The van der Waals surface area contributed by atoms with E-state index in [0.29, 0.717) is 18.2 Å². The van der Waals surface area contributed by atoms with Crippen molar-refractivity contribution in [2.75, 3.05) is 6.54 Å². The maximum absolute atomic E-state index is 12.2. The topological polar surface area (TPSA) is 68.0 Å². The van der Waals surface area contributed by atoms with Crippen LogP contribution in [0.3, 0.4) is 0 Å². The maximum Gasteiger partial charge on any atom is 0.271 e. The van der Waals surface area contributed by atoms with E-state index < -0.39 is 0 Å². The molecule has 1 rings (SSSR count). The Balaban J connectivity index is 0. The summed E-state index contributed by atoms with van der Waals surface area (Å²) in [5.74, 6) is 0.690. The molecule has 124 valence electrons. The molecule has 1 atom stereocenters. The van der Waals surface area contributed by atoms with E-state index in [-0.39, 0.29) is 42.2 Å². The Bertz CT molecular complexity index is 438. The third-order valence-electron chi connectivity index (χ3n) is 3.46. The van der Waals surface area contributed by atoms with Gasteiger partial charge in [0.05, 0.1) is 10.5 Å². The molecule has 0 aliphatic carbocycles. The zero-order valence-electron chi connectivity index (χ0n) is 13.3. The maximum atomic E-state index is 12.2. The quantitative estimate of drug-likeness (QED) is 0.822. The lowest BCUT2D eigenvalue weighted by molar-refractivity contribution is 0.0878. The van der Waals surface area contributed by atoms with Gasteiger partial charge < -0.3 is 11.1 Å². The van der Waals surface area contributed by atoms with E-state index in [4.69, 9.17) is 5.73 Å². The van der Waals surface area contributed by atoms with Gasteiger partial charge in [0, 0.05) is 18.3 Å². The van der Waals surface area contributed by atoms with E-state index in [1.807, 2.05) is 12.3 Å². The first-order chi connectivity index (χ1) is 8.78. The lowest BCUT2D eigenvalue weighted by Crippen LogP contribution is -2.55. The van der Waals surface area contributed by atoms with Gasteiger partial charge in [0.2, 0.25) is 0 Å². The Labute approximate surface area is 144 Å². The highest BCUT2D eigenvalue weighted by molar-refractivity contribution is 7.09. The van der Waals surface area contributed by atoms with E-state index in [0.717, 1.165) is 11.4 Å². The number of hydrogen-bond acceptors (Lipinski definition) is 4. The van der Waals surface area contributed by atoms with Crippen LogP contribution in [-0.2, 0) is 6.42 Å². The predicted molar refractivity (Wildman–Crippen MR) is 94.9 cm³/mol. The average molecular weight is 356 g/mol. The van der Waals surface area contributed by atoms with Crippen LogP contribution in [-0.4, -0.2) is 23.0 Å². The molecule has 1 aromatic rings. The molecule has 0 saturated carbocycles. The molecule has 4 nitrogen and oxygen atoms in total. The van der Waals surface area contributed by atoms with Crippen LogP contribution in [0.2, 0.25) is 0 Å². The van der Waals surface area contributed by atoms with Crippen LogP contribution in [0.15, 0.2) is 5.38 Å². The van der Waals surface area contributed by atoms with Crippen LogP contribution in [0.4, 0.5) is 0 Å². The second kappa shape index (κ2) is 9.62. The summed E-state index contributed by atoms with van der Waals surface area (Å²) in [5, 5.41) is 5.84. The monoisotopic (exact) mass is 355 g/mol. The Kier molecular flexibility index (Phi) is 10.5.